The minimum absolute atomic E-state index is 0.0961. The highest BCUT2D eigenvalue weighted by atomic mass is 35.5. The smallest absolute Gasteiger partial charge is 0.295 e. The normalized spacial score (nSPS) is 10.7. The lowest BCUT2D eigenvalue weighted by Crippen LogP contribution is -2.14. The zero-order valence-electron chi connectivity index (χ0n) is 16.1. The average molecular weight is 403 g/mol. The van der Waals surface area contributed by atoms with Gasteiger partial charge in [-0.25, -0.2) is 9.67 Å². The number of hydrogen-bond acceptors (Lipinski definition) is 3. The van der Waals surface area contributed by atoms with Crippen molar-refractivity contribution in [3.63, 3.8) is 0 Å². The number of nitrogens with one attached hydrogen (secondary N) is 1. The first kappa shape index (κ1) is 18.9. The third kappa shape index (κ3) is 4.05. The fourth-order valence-corrected chi connectivity index (χ4v) is 3.24. The summed E-state index contributed by atoms with van der Waals surface area (Å²) < 4.78 is 1.72. The number of aryl methyl sites for hydroxylation is 2. The molecule has 144 valence electrons. The summed E-state index contributed by atoms with van der Waals surface area (Å²) in [6.45, 7) is 4.06. The third-order valence-corrected chi connectivity index (χ3v) is 4.78. The number of carbonyl (C=O) groups excluding carboxylic acids is 1. The monoisotopic (exact) mass is 402 g/mol. The number of aromatic nitrogens is 3. The minimum Gasteiger partial charge on any atom is -0.319 e. The van der Waals surface area contributed by atoms with Crippen molar-refractivity contribution >= 4 is 23.2 Å². The number of nitrogens with zero attached hydrogens (tertiary/aromatic N) is 3. The van der Waals surface area contributed by atoms with Crippen LogP contribution in [0, 0.1) is 13.8 Å². The minimum atomic E-state index is -0.381. The second kappa shape index (κ2) is 7.89. The Morgan fingerprint density at radius 3 is 2.38 bits per heavy atom. The van der Waals surface area contributed by atoms with Crippen molar-refractivity contribution in [1.29, 1.82) is 0 Å². The van der Waals surface area contributed by atoms with Crippen molar-refractivity contribution in [1.82, 2.24) is 14.8 Å². The van der Waals surface area contributed by atoms with Gasteiger partial charge in [-0.3, -0.25) is 4.79 Å². The Hall–Kier alpha value is -3.44. The lowest BCUT2D eigenvalue weighted by Gasteiger charge is -2.09. The Morgan fingerprint density at radius 2 is 1.69 bits per heavy atom. The number of benzene rings is 3. The van der Waals surface area contributed by atoms with E-state index in [9.17, 15) is 4.79 Å². The summed E-state index contributed by atoms with van der Waals surface area (Å²) >= 11 is 5.91. The molecule has 0 aliphatic heterocycles. The van der Waals surface area contributed by atoms with Crippen molar-refractivity contribution in [3.05, 3.63) is 94.8 Å². The highest BCUT2D eigenvalue weighted by Gasteiger charge is 2.19. The van der Waals surface area contributed by atoms with Gasteiger partial charge in [-0.15, -0.1) is 5.10 Å². The number of amides is 1. The summed E-state index contributed by atoms with van der Waals surface area (Å²) in [6, 6.07) is 22.7. The highest BCUT2D eigenvalue weighted by Crippen LogP contribution is 2.24. The summed E-state index contributed by atoms with van der Waals surface area (Å²) in [5, 5.41) is 7.95. The maximum Gasteiger partial charge on any atom is 0.295 e. The SMILES string of the molecule is Cc1ccc(-n2nc(C(=O)Nc3ccc(Cl)cc3)nc2-c2ccccc2)c(C)c1. The molecule has 0 atom stereocenters. The number of anilines is 1. The standard InChI is InChI=1S/C23H19ClN4O/c1-15-8-13-20(16(2)14-15)28-22(17-6-4-3-5-7-17)26-21(27-28)23(29)25-19-11-9-18(24)10-12-19/h3-14H,1-2H3,(H,25,29). The van der Waals surface area contributed by atoms with E-state index in [1.807, 2.05) is 56.3 Å². The molecule has 0 radical (unpaired) electrons. The van der Waals surface area contributed by atoms with E-state index in [2.05, 4.69) is 21.5 Å². The van der Waals surface area contributed by atoms with Gasteiger partial charge in [-0.1, -0.05) is 59.6 Å². The first-order valence-corrected chi connectivity index (χ1v) is 9.56. The van der Waals surface area contributed by atoms with Gasteiger partial charge >= 0.3 is 0 Å². The molecular formula is C23H19ClN4O. The topological polar surface area (TPSA) is 59.8 Å². The van der Waals surface area contributed by atoms with E-state index in [1.54, 1.807) is 28.9 Å². The summed E-state index contributed by atoms with van der Waals surface area (Å²) in [5.41, 5.74) is 4.60. The summed E-state index contributed by atoms with van der Waals surface area (Å²) in [4.78, 5) is 17.3. The second-order valence-corrected chi connectivity index (χ2v) is 7.22. The molecule has 1 aromatic heterocycles. The summed E-state index contributed by atoms with van der Waals surface area (Å²) in [7, 11) is 0. The molecule has 3 aromatic carbocycles. The van der Waals surface area contributed by atoms with Crippen LogP contribution in [0.3, 0.4) is 0 Å². The van der Waals surface area contributed by atoms with Gasteiger partial charge in [0, 0.05) is 16.3 Å². The second-order valence-electron chi connectivity index (χ2n) is 6.79. The van der Waals surface area contributed by atoms with Crippen molar-refractivity contribution in [3.8, 4) is 17.1 Å². The molecule has 1 N–H and O–H groups in total. The van der Waals surface area contributed by atoms with Crippen LogP contribution in [0.4, 0.5) is 5.69 Å². The van der Waals surface area contributed by atoms with Crippen molar-refractivity contribution in [2.45, 2.75) is 13.8 Å². The molecule has 1 heterocycles. The van der Waals surface area contributed by atoms with E-state index >= 15 is 0 Å². The molecule has 0 fully saturated rings. The van der Waals surface area contributed by atoms with Crippen LogP contribution in [0.2, 0.25) is 5.02 Å². The fraction of sp³-hybridized carbons (Fsp3) is 0.0870. The van der Waals surface area contributed by atoms with Gasteiger partial charge in [0.25, 0.3) is 5.91 Å². The Balaban J connectivity index is 1.77. The highest BCUT2D eigenvalue weighted by molar-refractivity contribution is 6.30. The van der Waals surface area contributed by atoms with Gasteiger partial charge in [0.1, 0.15) is 0 Å². The molecule has 4 rings (SSSR count). The molecular weight excluding hydrogens is 384 g/mol. The fourth-order valence-electron chi connectivity index (χ4n) is 3.11. The van der Waals surface area contributed by atoms with Crippen LogP contribution in [0.15, 0.2) is 72.8 Å². The van der Waals surface area contributed by atoms with Crippen molar-refractivity contribution in [2.24, 2.45) is 0 Å². The van der Waals surface area contributed by atoms with Gasteiger partial charge in [0.15, 0.2) is 5.82 Å². The van der Waals surface area contributed by atoms with Crippen LogP contribution in [0.1, 0.15) is 21.7 Å². The zero-order valence-corrected chi connectivity index (χ0v) is 16.8. The first-order valence-electron chi connectivity index (χ1n) is 9.18. The predicted octanol–water partition coefficient (Wildman–Crippen LogP) is 5.46. The number of hydrogen-bond donors (Lipinski definition) is 1. The van der Waals surface area contributed by atoms with Gasteiger partial charge in [0.2, 0.25) is 5.82 Å². The molecule has 1 amide bonds. The van der Waals surface area contributed by atoms with Crippen LogP contribution in [0.5, 0.6) is 0 Å². The first-order chi connectivity index (χ1) is 14.0. The molecule has 5 nitrogen and oxygen atoms in total. The largest absolute Gasteiger partial charge is 0.319 e. The van der Waals surface area contributed by atoms with E-state index in [0.29, 0.717) is 16.5 Å². The predicted molar refractivity (Wildman–Crippen MR) is 116 cm³/mol. The Labute approximate surface area is 174 Å². The Kier molecular flexibility index (Phi) is 5.14. The lowest BCUT2D eigenvalue weighted by atomic mass is 10.1. The summed E-state index contributed by atoms with van der Waals surface area (Å²) in [5.74, 6) is 0.325. The molecule has 0 bridgehead atoms. The van der Waals surface area contributed by atoms with E-state index < -0.39 is 0 Å². The lowest BCUT2D eigenvalue weighted by molar-refractivity contribution is 0.101. The third-order valence-electron chi connectivity index (χ3n) is 4.52. The van der Waals surface area contributed by atoms with Gasteiger partial charge < -0.3 is 5.32 Å². The molecule has 0 saturated carbocycles. The molecule has 6 heteroatoms. The molecule has 0 saturated heterocycles. The maximum absolute atomic E-state index is 12.8. The number of carbonyl (C=O) groups is 1. The number of halogens is 1. The van der Waals surface area contributed by atoms with Crippen LogP contribution in [-0.2, 0) is 0 Å². The summed E-state index contributed by atoms with van der Waals surface area (Å²) in [6.07, 6.45) is 0. The van der Waals surface area contributed by atoms with E-state index in [0.717, 1.165) is 22.4 Å². The van der Waals surface area contributed by atoms with Gasteiger partial charge in [-0.2, -0.15) is 0 Å². The van der Waals surface area contributed by atoms with E-state index in [-0.39, 0.29) is 11.7 Å². The maximum atomic E-state index is 12.8. The quantitative estimate of drug-likeness (QED) is 0.493. The van der Waals surface area contributed by atoms with E-state index in [4.69, 9.17) is 11.6 Å². The average Bonchev–Trinajstić information content (AvgIpc) is 3.16. The number of rotatable bonds is 4. The molecule has 4 aromatic rings. The molecule has 29 heavy (non-hydrogen) atoms. The van der Waals surface area contributed by atoms with Crippen LogP contribution in [-0.4, -0.2) is 20.7 Å². The van der Waals surface area contributed by atoms with Crippen molar-refractivity contribution in [2.75, 3.05) is 5.32 Å². The molecule has 0 aliphatic carbocycles. The Bertz CT molecular complexity index is 1170. The molecule has 0 aliphatic rings. The van der Waals surface area contributed by atoms with Crippen molar-refractivity contribution < 1.29 is 4.79 Å². The molecule has 0 spiro atoms. The van der Waals surface area contributed by atoms with Gasteiger partial charge in [-0.05, 0) is 49.7 Å². The van der Waals surface area contributed by atoms with E-state index in [1.165, 1.54) is 0 Å². The molecule has 0 unspecified atom stereocenters. The van der Waals surface area contributed by atoms with Gasteiger partial charge in [0.05, 0.1) is 5.69 Å². The van der Waals surface area contributed by atoms with Crippen LogP contribution < -0.4 is 5.32 Å². The van der Waals surface area contributed by atoms with Crippen LogP contribution in [0.25, 0.3) is 17.1 Å². The van der Waals surface area contributed by atoms with Crippen LogP contribution >= 0.6 is 11.6 Å². The Morgan fingerprint density at radius 1 is 0.966 bits per heavy atom. The zero-order chi connectivity index (χ0) is 20.4.